The third-order valence-electron chi connectivity index (χ3n) is 3.93. The van der Waals surface area contributed by atoms with Crippen LogP contribution >= 0.6 is 23.1 Å². The Labute approximate surface area is 142 Å². The van der Waals surface area contributed by atoms with Gasteiger partial charge in [0.2, 0.25) is 0 Å². The van der Waals surface area contributed by atoms with Gasteiger partial charge in [-0.1, -0.05) is 11.8 Å². The van der Waals surface area contributed by atoms with Crippen LogP contribution in [0.2, 0.25) is 0 Å². The molecule has 0 aliphatic rings. The van der Waals surface area contributed by atoms with Crippen LogP contribution in [0.5, 0.6) is 0 Å². The minimum absolute atomic E-state index is 0.0235. The van der Waals surface area contributed by atoms with Gasteiger partial charge in [0.15, 0.2) is 10.9 Å². The number of carbonyl (C=O) groups is 1. The van der Waals surface area contributed by atoms with Crippen molar-refractivity contribution in [3.63, 3.8) is 0 Å². The monoisotopic (exact) mass is 347 g/mol. The first kappa shape index (κ1) is 16.0. The summed E-state index contributed by atoms with van der Waals surface area (Å²) < 4.78 is 3.33. The number of carbonyl (C=O) groups excluding carboxylic acids is 1. The topological polar surface area (TPSA) is 56.9 Å². The van der Waals surface area contributed by atoms with Crippen LogP contribution in [0, 0.1) is 13.8 Å². The van der Waals surface area contributed by atoms with Gasteiger partial charge >= 0.3 is 0 Å². The lowest BCUT2D eigenvalue weighted by atomic mass is 10.2. The zero-order valence-electron chi connectivity index (χ0n) is 13.4. The maximum absolute atomic E-state index is 12.5. The number of Topliss-reactive ketones (excluding diaryl/α,β-unsaturated/α-hetero) is 1. The quantitative estimate of drug-likeness (QED) is 0.414. The summed E-state index contributed by atoms with van der Waals surface area (Å²) in [4.78, 5) is 31.2. The smallest absolute Gasteiger partial charge is 0.262 e. The molecule has 3 aromatic heterocycles. The number of aryl methyl sites for hydroxylation is 3. The molecule has 0 amide bonds. The Balaban J connectivity index is 1.92. The van der Waals surface area contributed by atoms with Crippen molar-refractivity contribution in [2.24, 2.45) is 14.1 Å². The van der Waals surface area contributed by atoms with Crippen LogP contribution in [0.4, 0.5) is 0 Å². The molecule has 0 radical (unpaired) electrons. The summed E-state index contributed by atoms with van der Waals surface area (Å²) in [5.74, 6) is 0.280. The van der Waals surface area contributed by atoms with E-state index in [2.05, 4.69) is 4.98 Å². The second-order valence-corrected chi connectivity index (χ2v) is 7.58. The lowest BCUT2D eigenvalue weighted by Crippen LogP contribution is -2.20. The first-order chi connectivity index (χ1) is 10.9. The summed E-state index contributed by atoms with van der Waals surface area (Å²) >= 11 is 2.83. The predicted molar refractivity (Wildman–Crippen MR) is 94.8 cm³/mol. The second-order valence-electron chi connectivity index (χ2n) is 5.44. The van der Waals surface area contributed by atoms with Crippen molar-refractivity contribution in [2.45, 2.75) is 19.0 Å². The molecule has 0 saturated heterocycles. The summed E-state index contributed by atoms with van der Waals surface area (Å²) in [5, 5.41) is 1.26. The number of aromatic nitrogens is 3. The molecule has 0 aliphatic heterocycles. The SMILES string of the molecule is Cc1sc2nc(SCC(=O)c3cccn3C)n(C)c(=O)c2c1C. The Morgan fingerprint density at radius 1 is 1.35 bits per heavy atom. The fourth-order valence-corrected chi connectivity index (χ4v) is 4.36. The number of thiophene rings is 1. The molecule has 0 atom stereocenters. The molecule has 0 spiro atoms. The number of nitrogens with zero attached hydrogens (tertiary/aromatic N) is 3. The Morgan fingerprint density at radius 3 is 2.74 bits per heavy atom. The van der Waals surface area contributed by atoms with E-state index < -0.39 is 0 Å². The fourth-order valence-electron chi connectivity index (χ4n) is 2.44. The van der Waals surface area contributed by atoms with Crippen molar-refractivity contribution in [1.29, 1.82) is 0 Å². The van der Waals surface area contributed by atoms with Gasteiger partial charge < -0.3 is 4.57 Å². The fraction of sp³-hybridized carbons (Fsp3) is 0.312. The molecule has 3 rings (SSSR count). The maximum atomic E-state index is 12.5. The van der Waals surface area contributed by atoms with Gasteiger partial charge in [0, 0.05) is 25.2 Å². The molecule has 7 heteroatoms. The molecular formula is C16H17N3O2S2. The number of rotatable bonds is 4. The Bertz CT molecular complexity index is 966. The number of ketones is 1. The van der Waals surface area contributed by atoms with E-state index >= 15 is 0 Å². The number of hydrogen-bond acceptors (Lipinski definition) is 5. The lowest BCUT2D eigenvalue weighted by molar-refractivity contribution is 0.101. The number of fused-ring (bicyclic) bond motifs is 1. The zero-order chi connectivity index (χ0) is 16.7. The standard InChI is InChI=1S/C16H17N3O2S2/c1-9-10(2)23-14-13(9)15(21)19(4)16(17-14)22-8-12(20)11-6-5-7-18(11)3/h5-7H,8H2,1-4H3. The maximum Gasteiger partial charge on any atom is 0.262 e. The number of hydrogen-bond donors (Lipinski definition) is 0. The predicted octanol–water partition coefficient (Wildman–Crippen LogP) is 2.93. The highest BCUT2D eigenvalue weighted by molar-refractivity contribution is 7.99. The van der Waals surface area contributed by atoms with Crippen LogP contribution < -0.4 is 5.56 Å². The van der Waals surface area contributed by atoms with Crippen molar-refractivity contribution in [3.05, 3.63) is 44.8 Å². The summed E-state index contributed by atoms with van der Waals surface area (Å²) in [6, 6.07) is 3.64. The summed E-state index contributed by atoms with van der Waals surface area (Å²) in [5.41, 5.74) is 1.60. The van der Waals surface area contributed by atoms with Crippen LogP contribution in [-0.4, -0.2) is 25.7 Å². The van der Waals surface area contributed by atoms with E-state index in [0.717, 1.165) is 15.3 Å². The summed E-state index contributed by atoms with van der Waals surface area (Å²) in [7, 11) is 3.55. The highest BCUT2D eigenvalue weighted by atomic mass is 32.2. The van der Waals surface area contributed by atoms with Crippen LogP contribution in [0.3, 0.4) is 0 Å². The Kier molecular flexibility index (Phi) is 4.16. The van der Waals surface area contributed by atoms with Gasteiger partial charge in [0.05, 0.1) is 16.8 Å². The van der Waals surface area contributed by atoms with Gasteiger partial charge in [0.1, 0.15) is 4.83 Å². The molecule has 0 N–H and O–H groups in total. The van der Waals surface area contributed by atoms with Gasteiger partial charge in [-0.25, -0.2) is 4.98 Å². The minimum Gasteiger partial charge on any atom is -0.348 e. The molecule has 3 heterocycles. The molecule has 0 bridgehead atoms. The molecule has 0 aliphatic carbocycles. The van der Waals surface area contributed by atoms with Gasteiger partial charge in [0.25, 0.3) is 5.56 Å². The second kappa shape index (κ2) is 5.98. The van der Waals surface area contributed by atoms with Crippen molar-refractivity contribution in [2.75, 3.05) is 5.75 Å². The van der Waals surface area contributed by atoms with Crippen LogP contribution in [0.15, 0.2) is 28.3 Å². The Morgan fingerprint density at radius 2 is 2.09 bits per heavy atom. The van der Waals surface area contributed by atoms with Crippen molar-refractivity contribution >= 4 is 39.1 Å². The van der Waals surface area contributed by atoms with Gasteiger partial charge in [-0.15, -0.1) is 11.3 Å². The summed E-state index contributed by atoms with van der Waals surface area (Å²) in [6.45, 7) is 3.94. The largest absolute Gasteiger partial charge is 0.348 e. The van der Waals surface area contributed by atoms with Gasteiger partial charge in [-0.2, -0.15) is 0 Å². The van der Waals surface area contributed by atoms with E-state index in [4.69, 9.17) is 0 Å². The van der Waals surface area contributed by atoms with Gasteiger partial charge in [-0.05, 0) is 31.5 Å². The molecule has 0 saturated carbocycles. The average molecular weight is 347 g/mol. The highest BCUT2D eigenvalue weighted by Crippen LogP contribution is 2.28. The normalized spacial score (nSPS) is 11.3. The van der Waals surface area contributed by atoms with Crippen molar-refractivity contribution < 1.29 is 4.79 Å². The molecule has 0 unspecified atom stereocenters. The van der Waals surface area contributed by atoms with Crippen molar-refractivity contribution in [3.8, 4) is 0 Å². The van der Waals surface area contributed by atoms with E-state index in [9.17, 15) is 9.59 Å². The molecule has 120 valence electrons. The molecule has 23 heavy (non-hydrogen) atoms. The molecule has 5 nitrogen and oxygen atoms in total. The third kappa shape index (κ3) is 2.74. The van der Waals surface area contributed by atoms with Gasteiger partial charge in [-0.3, -0.25) is 14.2 Å². The lowest BCUT2D eigenvalue weighted by Gasteiger charge is -2.07. The average Bonchev–Trinajstić information content (AvgIpc) is 3.05. The van der Waals surface area contributed by atoms with E-state index in [0.29, 0.717) is 16.2 Å². The highest BCUT2D eigenvalue weighted by Gasteiger charge is 2.16. The van der Waals surface area contributed by atoms with Crippen LogP contribution in [-0.2, 0) is 14.1 Å². The molecular weight excluding hydrogens is 330 g/mol. The zero-order valence-corrected chi connectivity index (χ0v) is 15.0. The minimum atomic E-state index is -0.0503. The Hall–Kier alpha value is -1.86. The first-order valence-electron chi connectivity index (χ1n) is 7.14. The summed E-state index contributed by atoms with van der Waals surface area (Å²) in [6.07, 6.45) is 1.84. The molecule has 0 fully saturated rings. The van der Waals surface area contributed by atoms with E-state index in [1.54, 1.807) is 17.7 Å². The van der Waals surface area contributed by atoms with Crippen molar-refractivity contribution in [1.82, 2.24) is 14.1 Å². The molecule has 0 aromatic carbocycles. The van der Waals surface area contributed by atoms with E-state index in [1.165, 1.54) is 27.7 Å². The van der Waals surface area contributed by atoms with E-state index in [-0.39, 0.29) is 17.1 Å². The van der Waals surface area contributed by atoms with E-state index in [1.807, 2.05) is 33.2 Å². The third-order valence-corrected chi connectivity index (χ3v) is 6.06. The van der Waals surface area contributed by atoms with Crippen LogP contribution in [0.25, 0.3) is 10.2 Å². The number of thioether (sulfide) groups is 1. The first-order valence-corrected chi connectivity index (χ1v) is 8.94. The molecule has 3 aromatic rings. The van der Waals surface area contributed by atoms with Crippen LogP contribution in [0.1, 0.15) is 20.9 Å².